The lowest BCUT2D eigenvalue weighted by Gasteiger charge is -2.02. The van der Waals surface area contributed by atoms with Crippen molar-refractivity contribution < 1.29 is 4.79 Å². The number of rotatable bonds is 5. The van der Waals surface area contributed by atoms with Gasteiger partial charge in [-0.05, 0) is 18.2 Å². The molecule has 0 aliphatic rings. The maximum absolute atomic E-state index is 11.3. The average molecular weight is 286 g/mol. The van der Waals surface area contributed by atoms with Crippen molar-refractivity contribution in [2.45, 2.75) is 4.90 Å². The molecule has 1 rings (SSSR count). The first-order valence-corrected chi connectivity index (χ1v) is 6.26. The average Bonchev–Trinajstić information content (AvgIpc) is 2.23. The van der Waals surface area contributed by atoms with E-state index in [4.69, 9.17) is 0 Å². The van der Waals surface area contributed by atoms with Crippen LogP contribution >= 0.6 is 27.7 Å². The Morgan fingerprint density at radius 1 is 1.60 bits per heavy atom. The summed E-state index contributed by atoms with van der Waals surface area (Å²) in [5.74, 6) is 0.462. The molecule has 1 N–H and O–H groups in total. The van der Waals surface area contributed by atoms with Gasteiger partial charge in [0.1, 0.15) is 0 Å². The summed E-state index contributed by atoms with van der Waals surface area (Å²) < 4.78 is 1.03. The summed E-state index contributed by atoms with van der Waals surface area (Å²) in [4.78, 5) is 12.4. The Kier molecular flexibility index (Phi) is 5.50. The fourth-order valence-corrected chi connectivity index (χ4v) is 2.28. The molecule has 1 aromatic rings. The topological polar surface area (TPSA) is 29.1 Å². The van der Waals surface area contributed by atoms with Gasteiger partial charge in [-0.2, -0.15) is 0 Å². The SMILES string of the molecule is C=CCNC(=O)CSc1cccc(Br)c1. The number of carbonyl (C=O) groups excluding carboxylic acids is 1. The number of carbonyl (C=O) groups is 1. The molecule has 1 aromatic carbocycles. The normalized spacial score (nSPS) is 9.67. The third kappa shape index (κ3) is 5.04. The molecule has 0 saturated heterocycles. The third-order valence-electron chi connectivity index (χ3n) is 1.61. The van der Waals surface area contributed by atoms with E-state index in [1.54, 1.807) is 6.08 Å². The molecule has 0 aliphatic heterocycles. The van der Waals surface area contributed by atoms with Crippen LogP contribution in [0.3, 0.4) is 0 Å². The van der Waals surface area contributed by atoms with Gasteiger partial charge in [0.15, 0.2) is 0 Å². The predicted octanol–water partition coefficient (Wildman–Crippen LogP) is 2.84. The van der Waals surface area contributed by atoms with Crippen molar-refractivity contribution in [3.63, 3.8) is 0 Å². The highest BCUT2D eigenvalue weighted by molar-refractivity contribution is 9.10. The largest absolute Gasteiger partial charge is 0.352 e. The molecule has 0 spiro atoms. The molecule has 0 heterocycles. The van der Waals surface area contributed by atoms with E-state index in [9.17, 15) is 4.79 Å². The summed E-state index contributed by atoms with van der Waals surface area (Å²) >= 11 is 4.90. The van der Waals surface area contributed by atoms with Crippen LogP contribution in [-0.2, 0) is 4.79 Å². The van der Waals surface area contributed by atoms with E-state index >= 15 is 0 Å². The quantitative estimate of drug-likeness (QED) is 0.666. The fourth-order valence-electron chi connectivity index (χ4n) is 0.943. The number of hydrogen-bond donors (Lipinski definition) is 1. The van der Waals surface area contributed by atoms with Gasteiger partial charge >= 0.3 is 0 Å². The van der Waals surface area contributed by atoms with Crippen molar-refractivity contribution in [1.82, 2.24) is 5.32 Å². The van der Waals surface area contributed by atoms with E-state index in [1.807, 2.05) is 24.3 Å². The molecule has 0 bridgehead atoms. The van der Waals surface area contributed by atoms with E-state index in [1.165, 1.54) is 11.8 Å². The Bertz CT molecular complexity index is 354. The second-order valence-electron chi connectivity index (χ2n) is 2.84. The highest BCUT2D eigenvalue weighted by Gasteiger charge is 2.01. The Morgan fingerprint density at radius 2 is 2.40 bits per heavy atom. The van der Waals surface area contributed by atoms with Crippen molar-refractivity contribution >= 4 is 33.6 Å². The zero-order valence-corrected chi connectivity index (χ0v) is 10.6. The highest BCUT2D eigenvalue weighted by atomic mass is 79.9. The van der Waals surface area contributed by atoms with E-state index in [-0.39, 0.29) is 5.91 Å². The van der Waals surface area contributed by atoms with Crippen molar-refractivity contribution in [2.75, 3.05) is 12.3 Å². The molecular formula is C11H12BrNOS. The smallest absolute Gasteiger partial charge is 0.230 e. The van der Waals surface area contributed by atoms with Crippen LogP contribution in [0.25, 0.3) is 0 Å². The summed E-state index contributed by atoms with van der Waals surface area (Å²) in [5.41, 5.74) is 0. The first-order valence-electron chi connectivity index (χ1n) is 4.48. The minimum absolute atomic E-state index is 0.0277. The second kappa shape index (κ2) is 6.69. The molecule has 0 fully saturated rings. The minimum Gasteiger partial charge on any atom is -0.352 e. The first kappa shape index (κ1) is 12.3. The van der Waals surface area contributed by atoms with Crippen LogP contribution in [0.4, 0.5) is 0 Å². The summed E-state index contributed by atoms with van der Waals surface area (Å²) in [6, 6.07) is 7.89. The standard InChI is InChI=1S/C11H12BrNOS/c1-2-6-13-11(14)8-15-10-5-3-4-9(12)7-10/h2-5,7H,1,6,8H2,(H,13,14). The molecule has 0 aliphatic carbocycles. The number of thioether (sulfide) groups is 1. The minimum atomic E-state index is 0.0277. The monoisotopic (exact) mass is 285 g/mol. The molecule has 4 heteroatoms. The Morgan fingerprint density at radius 3 is 3.07 bits per heavy atom. The lowest BCUT2D eigenvalue weighted by molar-refractivity contribution is -0.118. The molecule has 0 atom stereocenters. The van der Waals surface area contributed by atoms with Crippen LogP contribution in [0.15, 0.2) is 46.3 Å². The third-order valence-corrected chi connectivity index (χ3v) is 3.10. The van der Waals surface area contributed by atoms with Gasteiger partial charge in [-0.3, -0.25) is 4.79 Å². The molecule has 1 amide bonds. The molecule has 80 valence electrons. The number of amides is 1. The Labute approximate surface area is 102 Å². The second-order valence-corrected chi connectivity index (χ2v) is 4.80. The van der Waals surface area contributed by atoms with Crippen molar-refractivity contribution in [3.8, 4) is 0 Å². The number of nitrogens with one attached hydrogen (secondary N) is 1. The van der Waals surface area contributed by atoms with Gasteiger partial charge in [0.05, 0.1) is 5.75 Å². The van der Waals surface area contributed by atoms with Crippen molar-refractivity contribution in [1.29, 1.82) is 0 Å². The summed E-state index contributed by atoms with van der Waals surface area (Å²) in [6.07, 6.45) is 1.67. The maximum atomic E-state index is 11.3. The van der Waals surface area contributed by atoms with Crippen molar-refractivity contribution in [3.05, 3.63) is 41.4 Å². The molecule has 0 aromatic heterocycles. The lowest BCUT2D eigenvalue weighted by atomic mass is 10.4. The van der Waals surface area contributed by atoms with Crippen LogP contribution in [0.1, 0.15) is 0 Å². The van der Waals surface area contributed by atoms with Gasteiger partial charge in [-0.15, -0.1) is 18.3 Å². The van der Waals surface area contributed by atoms with E-state index < -0.39 is 0 Å². The lowest BCUT2D eigenvalue weighted by Crippen LogP contribution is -2.24. The van der Waals surface area contributed by atoms with E-state index in [0.29, 0.717) is 12.3 Å². The molecular weight excluding hydrogens is 274 g/mol. The molecule has 0 saturated carbocycles. The summed E-state index contributed by atoms with van der Waals surface area (Å²) in [6.45, 7) is 4.06. The van der Waals surface area contributed by atoms with Crippen LogP contribution in [0, 0.1) is 0 Å². The maximum Gasteiger partial charge on any atom is 0.230 e. The van der Waals surface area contributed by atoms with Gasteiger partial charge in [-0.25, -0.2) is 0 Å². The van der Waals surface area contributed by atoms with Gasteiger partial charge < -0.3 is 5.32 Å². The predicted molar refractivity (Wildman–Crippen MR) is 68.1 cm³/mol. The van der Waals surface area contributed by atoms with Crippen LogP contribution in [0.5, 0.6) is 0 Å². The van der Waals surface area contributed by atoms with E-state index in [2.05, 4.69) is 27.8 Å². The fraction of sp³-hybridized carbons (Fsp3) is 0.182. The zero-order valence-electron chi connectivity index (χ0n) is 8.20. The first-order chi connectivity index (χ1) is 7.22. The molecule has 2 nitrogen and oxygen atoms in total. The highest BCUT2D eigenvalue weighted by Crippen LogP contribution is 2.21. The van der Waals surface area contributed by atoms with Crippen LogP contribution in [-0.4, -0.2) is 18.2 Å². The van der Waals surface area contributed by atoms with E-state index in [0.717, 1.165) is 9.37 Å². The number of hydrogen-bond acceptors (Lipinski definition) is 2. The molecule has 0 radical (unpaired) electrons. The summed E-state index contributed by atoms with van der Waals surface area (Å²) in [7, 11) is 0. The zero-order chi connectivity index (χ0) is 11.1. The van der Waals surface area contributed by atoms with Gasteiger partial charge in [0.2, 0.25) is 5.91 Å². The number of benzene rings is 1. The van der Waals surface area contributed by atoms with Crippen LogP contribution < -0.4 is 5.32 Å². The Balaban J connectivity index is 2.36. The molecule has 15 heavy (non-hydrogen) atoms. The van der Waals surface area contributed by atoms with Crippen molar-refractivity contribution in [2.24, 2.45) is 0 Å². The Hall–Kier alpha value is -0.740. The summed E-state index contributed by atoms with van der Waals surface area (Å²) in [5, 5.41) is 2.73. The van der Waals surface area contributed by atoms with Gasteiger partial charge in [-0.1, -0.05) is 28.1 Å². The van der Waals surface area contributed by atoms with Gasteiger partial charge in [0.25, 0.3) is 0 Å². The number of halogens is 1. The van der Waals surface area contributed by atoms with Crippen LogP contribution in [0.2, 0.25) is 0 Å². The van der Waals surface area contributed by atoms with Gasteiger partial charge in [0, 0.05) is 15.9 Å². The molecule has 0 unspecified atom stereocenters.